The quantitative estimate of drug-likeness (QED) is 0.902. The Bertz CT molecular complexity index is 514. The van der Waals surface area contributed by atoms with Crippen LogP contribution in [-0.2, 0) is 11.3 Å². The number of morpholine rings is 1. The third kappa shape index (κ3) is 3.04. The fourth-order valence-electron chi connectivity index (χ4n) is 3.43. The number of carbonyl (C=O) groups excluding carboxylic acids is 1. The van der Waals surface area contributed by atoms with E-state index in [0.717, 1.165) is 26.0 Å². The minimum Gasteiger partial charge on any atom is -0.453 e. The molecule has 3 heterocycles. The Kier molecular flexibility index (Phi) is 4.81. The summed E-state index contributed by atoms with van der Waals surface area (Å²) in [6.45, 7) is 5.77. The number of piperazine rings is 1. The van der Waals surface area contributed by atoms with Gasteiger partial charge in [0.05, 0.1) is 19.3 Å². The third-order valence-electron chi connectivity index (χ3n) is 4.56. The summed E-state index contributed by atoms with van der Waals surface area (Å²) in [4.78, 5) is 16.8. The summed E-state index contributed by atoms with van der Waals surface area (Å²) < 4.78 is 11.1. The zero-order valence-electron chi connectivity index (χ0n) is 13.0. The van der Waals surface area contributed by atoms with Crippen LogP contribution in [0, 0.1) is 0 Å². The average molecular weight is 308 g/mol. The maximum Gasteiger partial charge on any atom is 0.289 e. The van der Waals surface area contributed by atoms with Gasteiger partial charge in [0.2, 0.25) is 0 Å². The molecule has 0 spiro atoms. The lowest BCUT2D eigenvalue weighted by molar-refractivity contribution is -0.0779. The Morgan fingerprint density at radius 2 is 2.23 bits per heavy atom. The molecule has 22 heavy (non-hydrogen) atoms. The molecule has 1 aromatic heterocycles. The third-order valence-corrected chi connectivity index (χ3v) is 4.56. The Morgan fingerprint density at radius 3 is 2.95 bits per heavy atom. The van der Waals surface area contributed by atoms with Crippen LogP contribution in [0.5, 0.6) is 0 Å². The molecule has 1 N–H and O–H groups in total. The van der Waals surface area contributed by atoms with E-state index in [1.807, 2.05) is 4.90 Å². The van der Waals surface area contributed by atoms with Gasteiger partial charge in [0.25, 0.3) is 5.91 Å². The van der Waals surface area contributed by atoms with E-state index < -0.39 is 0 Å². The summed E-state index contributed by atoms with van der Waals surface area (Å²) >= 11 is 0. The molecular formula is C16H24N2O4. The first-order valence-corrected chi connectivity index (χ1v) is 8.05. The fourth-order valence-corrected chi connectivity index (χ4v) is 3.43. The zero-order chi connectivity index (χ0) is 15.5. The molecule has 2 aliphatic heterocycles. The van der Waals surface area contributed by atoms with Crippen molar-refractivity contribution in [1.82, 2.24) is 9.80 Å². The van der Waals surface area contributed by atoms with Gasteiger partial charge < -0.3 is 19.2 Å². The molecule has 0 aromatic carbocycles. The van der Waals surface area contributed by atoms with Gasteiger partial charge in [0.1, 0.15) is 12.4 Å². The molecule has 6 heteroatoms. The van der Waals surface area contributed by atoms with Gasteiger partial charge >= 0.3 is 0 Å². The number of hydrogen-bond donors (Lipinski definition) is 1. The van der Waals surface area contributed by atoms with E-state index in [2.05, 4.69) is 11.8 Å². The fraction of sp³-hybridized carbons (Fsp3) is 0.688. The molecule has 1 amide bonds. The van der Waals surface area contributed by atoms with Crippen molar-refractivity contribution in [3.63, 3.8) is 0 Å². The van der Waals surface area contributed by atoms with Gasteiger partial charge in [-0.1, -0.05) is 13.3 Å². The van der Waals surface area contributed by atoms with Crippen LogP contribution in [0.1, 0.15) is 36.1 Å². The Morgan fingerprint density at radius 1 is 1.36 bits per heavy atom. The number of aliphatic hydroxyl groups excluding tert-OH is 1. The molecule has 0 radical (unpaired) electrons. The highest BCUT2D eigenvalue weighted by molar-refractivity contribution is 5.91. The minimum absolute atomic E-state index is 0.100. The van der Waals surface area contributed by atoms with Crippen molar-refractivity contribution in [2.75, 3.05) is 32.8 Å². The van der Waals surface area contributed by atoms with Gasteiger partial charge in [-0.2, -0.15) is 0 Å². The van der Waals surface area contributed by atoms with Gasteiger partial charge in [0, 0.05) is 25.7 Å². The van der Waals surface area contributed by atoms with Gasteiger partial charge in [-0.25, -0.2) is 0 Å². The molecule has 122 valence electrons. The molecule has 0 saturated carbocycles. The lowest BCUT2D eigenvalue weighted by Crippen LogP contribution is -2.62. The number of hydrogen-bond acceptors (Lipinski definition) is 5. The Labute approximate surface area is 130 Å². The number of ether oxygens (including phenoxy) is 1. The lowest BCUT2D eigenvalue weighted by atomic mass is 10.0. The predicted octanol–water partition coefficient (Wildman–Crippen LogP) is 1.10. The van der Waals surface area contributed by atoms with Crippen LogP contribution < -0.4 is 0 Å². The first kappa shape index (κ1) is 15.5. The van der Waals surface area contributed by atoms with Crippen LogP contribution in [0.25, 0.3) is 0 Å². The zero-order valence-corrected chi connectivity index (χ0v) is 13.0. The lowest BCUT2D eigenvalue weighted by Gasteiger charge is -2.47. The Hall–Kier alpha value is -1.37. The largest absolute Gasteiger partial charge is 0.453 e. The average Bonchev–Trinajstić information content (AvgIpc) is 3.03. The highest BCUT2D eigenvalue weighted by atomic mass is 16.5. The SMILES string of the molecule is CCC[C@H]1COC[C@H]2CN(C(=O)c3ccc(CO)o3)CCN12. The van der Waals surface area contributed by atoms with E-state index in [1.54, 1.807) is 12.1 Å². The van der Waals surface area contributed by atoms with Crippen LogP contribution in [0.15, 0.2) is 16.5 Å². The molecule has 0 bridgehead atoms. The van der Waals surface area contributed by atoms with E-state index in [0.29, 0.717) is 37.3 Å². The van der Waals surface area contributed by atoms with E-state index in [-0.39, 0.29) is 18.6 Å². The second kappa shape index (κ2) is 6.81. The maximum absolute atomic E-state index is 12.5. The van der Waals surface area contributed by atoms with E-state index >= 15 is 0 Å². The summed E-state index contributed by atoms with van der Waals surface area (Å²) in [7, 11) is 0. The topological polar surface area (TPSA) is 66.1 Å². The van der Waals surface area contributed by atoms with Gasteiger partial charge in [-0.3, -0.25) is 9.69 Å². The summed E-state index contributed by atoms with van der Waals surface area (Å²) in [5.74, 6) is 0.627. The monoisotopic (exact) mass is 308 g/mol. The van der Waals surface area contributed by atoms with Crippen molar-refractivity contribution in [1.29, 1.82) is 0 Å². The molecule has 6 nitrogen and oxygen atoms in total. The van der Waals surface area contributed by atoms with E-state index in [1.165, 1.54) is 0 Å². The van der Waals surface area contributed by atoms with Crippen LogP contribution in [0.4, 0.5) is 0 Å². The number of carbonyl (C=O) groups is 1. The number of amides is 1. The molecule has 2 atom stereocenters. The summed E-state index contributed by atoms with van der Waals surface area (Å²) in [5.41, 5.74) is 0. The van der Waals surface area contributed by atoms with E-state index in [4.69, 9.17) is 14.3 Å². The molecule has 2 saturated heterocycles. The van der Waals surface area contributed by atoms with Crippen molar-refractivity contribution in [3.8, 4) is 0 Å². The van der Waals surface area contributed by atoms with Crippen molar-refractivity contribution in [2.24, 2.45) is 0 Å². The molecule has 3 rings (SSSR count). The second-order valence-electron chi connectivity index (χ2n) is 6.05. The predicted molar refractivity (Wildman–Crippen MR) is 80.5 cm³/mol. The molecule has 0 unspecified atom stereocenters. The number of aliphatic hydroxyl groups is 1. The van der Waals surface area contributed by atoms with Crippen LogP contribution in [-0.4, -0.2) is 65.7 Å². The highest BCUT2D eigenvalue weighted by Crippen LogP contribution is 2.23. The number of rotatable bonds is 4. The Balaban J connectivity index is 1.65. The first-order chi connectivity index (χ1) is 10.7. The van der Waals surface area contributed by atoms with Crippen molar-refractivity contribution in [3.05, 3.63) is 23.7 Å². The molecule has 2 fully saturated rings. The normalized spacial score (nSPS) is 26.0. The first-order valence-electron chi connectivity index (χ1n) is 8.05. The van der Waals surface area contributed by atoms with Gasteiger partial charge in [0.15, 0.2) is 5.76 Å². The van der Waals surface area contributed by atoms with Crippen LogP contribution in [0.2, 0.25) is 0 Å². The van der Waals surface area contributed by atoms with Crippen molar-refractivity contribution in [2.45, 2.75) is 38.5 Å². The maximum atomic E-state index is 12.5. The van der Waals surface area contributed by atoms with Crippen molar-refractivity contribution >= 4 is 5.91 Å². The van der Waals surface area contributed by atoms with Crippen LogP contribution in [0.3, 0.4) is 0 Å². The van der Waals surface area contributed by atoms with Crippen LogP contribution >= 0.6 is 0 Å². The van der Waals surface area contributed by atoms with Gasteiger partial charge in [-0.15, -0.1) is 0 Å². The summed E-state index contributed by atoms with van der Waals surface area (Å²) in [5, 5.41) is 9.04. The minimum atomic E-state index is -0.184. The highest BCUT2D eigenvalue weighted by Gasteiger charge is 2.37. The molecule has 1 aromatic rings. The molecule has 0 aliphatic carbocycles. The number of furan rings is 1. The second-order valence-corrected chi connectivity index (χ2v) is 6.05. The van der Waals surface area contributed by atoms with Crippen molar-refractivity contribution < 1.29 is 19.1 Å². The number of fused-ring (bicyclic) bond motifs is 1. The summed E-state index contributed by atoms with van der Waals surface area (Å²) in [6, 6.07) is 4.03. The van der Waals surface area contributed by atoms with Gasteiger partial charge in [-0.05, 0) is 18.6 Å². The molecular weight excluding hydrogens is 284 g/mol. The smallest absolute Gasteiger partial charge is 0.289 e. The summed E-state index contributed by atoms with van der Waals surface area (Å²) in [6.07, 6.45) is 2.29. The standard InChI is InChI=1S/C16H24N2O4/c1-2-3-12-10-21-11-13-8-17(6-7-18(12)13)16(20)15-5-4-14(9-19)22-15/h4-5,12-13,19H,2-3,6-11H2,1H3/t12-,13+/m0/s1. The van der Waals surface area contributed by atoms with E-state index in [9.17, 15) is 4.79 Å². The molecule has 2 aliphatic rings. The number of nitrogens with zero attached hydrogens (tertiary/aromatic N) is 2.